The first-order valence-electron chi connectivity index (χ1n) is 7.38. The smallest absolute Gasteiger partial charge is 0.0724 e. The second-order valence-corrected chi connectivity index (χ2v) is 6.08. The summed E-state index contributed by atoms with van der Waals surface area (Å²) in [5.41, 5.74) is 0. The molecule has 0 aromatic rings. The number of piperidine rings is 3. The van der Waals surface area contributed by atoms with Gasteiger partial charge in [-0.25, -0.2) is 0 Å². The molecule has 0 radical (unpaired) electrons. The second-order valence-electron chi connectivity index (χ2n) is 6.08. The van der Waals surface area contributed by atoms with Crippen molar-refractivity contribution in [2.75, 3.05) is 26.7 Å². The summed E-state index contributed by atoms with van der Waals surface area (Å²) in [5.74, 6) is 0.930. The van der Waals surface area contributed by atoms with E-state index in [2.05, 4.69) is 10.2 Å². The minimum atomic E-state index is 0.458. The van der Waals surface area contributed by atoms with E-state index in [0.29, 0.717) is 12.1 Å². The Morgan fingerprint density at radius 2 is 1.76 bits per heavy atom. The highest BCUT2D eigenvalue weighted by atomic mass is 16.5. The first-order valence-corrected chi connectivity index (χ1v) is 7.38. The van der Waals surface area contributed by atoms with Crippen molar-refractivity contribution in [1.29, 1.82) is 0 Å². The molecule has 4 rings (SSSR count). The molecule has 3 unspecified atom stereocenters. The van der Waals surface area contributed by atoms with Gasteiger partial charge in [-0.3, -0.25) is 0 Å². The van der Waals surface area contributed by atoms with E-state index in [1.165, 1.54) is 58.2 Å². The van der Waals surface area contributed by atoms with Crippen molar-refractivity contribution in [3.63, 3.8) is 0 Å². The molecular weight excluding hydrogens is 212 g/mol. The fourth-order valence-electron chi connectivity index (χ4n) is 4.00. The number of ether oxygens (including phenoxy) is 1. The van der Waals surface area contributed by atoms with E-state index in [1.54, 1.807) is 0 Å². The van der Waals surface area contributed by atoms with Gasteiger partial charge in [0, 0.05) is 25.7 Å². The van der Waals surface area contributed by atoms with Gasteiger partial charge < -0.3 is 15.0 Å². The normalized spacial score (nSPS) is 46.1. The van der Waals surface area contributed by atoms with Crippen LogP contribution in [0.2, 0.25) is 0 Å². The zero-order valence-corrected chi connectivity index (χ0v) is 11.0. The number of fused-ring (bicyclic) bond motifs is 3. The summed E-state index contributed by atoms with van der Waals surface area (Å²) in [6.45, 7) is 3.94. The Balaban J connectivity index is 1.58. The molecule has 3 saturated heterocycles. The largest absolute Gasteiger partial charge is 0.380 e. The van der Waals surface area contributed by atoms with Gasteiger partial charge in [0.25, 0.3) is 0 Å². The maximum atomic E-state index is 5.65. The van der Waals surface area contributed by atoms with Crippen LogP contribution in [0, 0.1) is 5.92 Å². The molecule has 1 aliphatic carbocycles. The molecule has 3 atom stereocenters. The number of nitrogens with one attached hydrogen (secondary N) is 1. The molecule has 17 heavy (non-hydrogen) atoms. The number of rotatable bonds is 3. The molecule has 0 spiro atoms. The standard InChI is InChI=1S/C14H26N2O/c1-17-14-5-3-2-4-12(14)15-13-10-16-8-6-11(13)7-9-16/h11-15H,2-10H2,1H3. The van der Waals surface area contributed by atoms with Gasteiger partial charge >= 0.3 is 0 Å². The predicted octanol–water partition coefficient (Wildman–Crippen LogP) is 1.63. The molecule has 98 valence electrons. The lowest BCUT2D eigenvalue weighted by molar-refractivity contribution is 0.0128. The van der Waals surface area contributed by atoms with Gasteiger partial charge in [0.15, 0.2) is 0 Å². The first-order chi connectivity index (χ1) is 8.36. The van der Waals surface area contributed by atoms with E-state index >= 15 is 0 Å². The van der Waals surface area contributed by atoms with Crippen LogP contribution < -0.4 is 5.32 Å². The third-order valence-corrected chi connectivity index (χ3v) is 5.09. The Morgan fingerprint density at radius 1 is 1.00 bits per heavy atom. The molecule has 4 fully saturated rings. The van der Waals surface area contributed by atoms with Gasteiger partial charge in [0.2, 0.25) is 0 Å². The number of hydrogen-bond acceptors (Lipinski definition) is 3. The Bertz CT molecular complexity index is 246. The summed E-state index contributed by atoms with van der Waals surface area (Å²) in [4.78, 5) is 2.63. The van der Waals surface area contributed by atoms with E-state index in [0.717, 1.165) is 12.0 Å². The lowest BCUT2D eigenvalue weighted by atomic mass is 9.82. The van der Waals surface area contributed by atoms with E-state index < -0.39 is 0 Å². The highest BCUT2D eigenvalue weighted by Gasteiger charge is 2.36. The average molecular weight is 238 g/mol. The molecule has 1 saturated carbocycles. The third kappa shape index (κ3) is 2.51. The molecule has 3 heteroatoms. The fraction of sp³-hybridized carbons (Fsp3) is 1.00. The van der Waals surface area contributed by atoms with Crippen molar-refractivity contribution in [2.24, 2.45) is 5.92 Å². The zero-order chi connectivity index (χ0) is 11.7. The SMILES string of the molecule is COC1CCCCC1NC1CN2CCC1CC2. The average Bonchev–Trinajstić information content (AvgIpc) is 2.41. The van der Waals surface area contributed by atoms with Crippen LogP contribution in [-0.2, 0) is 4.74 Å². The molecule has 3 heterocycles. The third-order valence-electron chi connectivity index (χ3n) is 5.09. The van der Waals surface area contributed by atoms with Crippen molar-refractivity contribution < 1.29 is 4.74 Å². The van der Waals surface area contributed by atoms with Crippen LogP contribution >= 0.6 is 0 Å². The molecule has 2 bridgehead atoms. The minimum absolute atomic E-state index is 0.458. The maximum absolute atomic E-state index is 5.65. The quantitative estimate of drug-likeness (QED) is 0.809. The highest BCUT2D eigenvalue weighted by Crippen LogP contribution is 2.29. The minimum Gasteiger partial charge on any atom is -0.380 e. The van der Waals surface area contributed by atoms with Crippen molar-refractivity contribution in [1.82, 2.24) is 10.2 Å². The molecule has 0 aromatic heterocycles. The van der Waals surface area contributed by atoms with Crippen molar-refractivity contribution in [2.45, 2.75) is 56.7 Å². The number of methoxy groups -OCH3 is 1. The summed E-state index contributed by atoms with van der Waals surface area (Å²) in [6, 6.07) is 1.34. The summed E-state index contributed by atoms with van der Waals surface area (Å²) in [5, 5.41) is 3.92. The lowest BCUT2D eigenvalue weighted by Gasteiger charge is -2.47. The Morgan fingerprint density at radius 3 is 2.41 bits per heavy atom. The monoisotopic (exact) mass is 238 g/mol. The highest BCUT2D eigenvalue weighted by molar-refractivity contribution is 4.94. The molecule has 0 amide bonds. The number of nitrogens with zero attached hydrogens (tertiary/aromatic N) is 1. The Hall–Kier alpha value is -0.120. The summed E-state index contributed by atoms with van der Waals surface area (Å²) >= 11 is 0. The molecular formula is C14H26N2O. The lowest BCUT2D eigenvalue weighted by Crippen LogP contribution is -2.60. The molecule has 0 aromatic carbocycles. The van der Waals surface area contributed by atoms with Gasteiger partial charge in [-0.2, -0.15) is 0 Å². The van der Waals surface area contributed by atoms with E-state index in [4.69, 9.17) is 4.74 Å². The number of hydrogen-bond donors (Lipinski definition) is 1. The molecule has 4 aliphatic rings. The van der Waals surface area contributed by atoms with Crippen molar-refractivity contribution in [3.05, 3.63) is 0 Å². The van der Waals surface area contributed by atoms with Crippen LogP contribution in [-0.4, -0.2) is 49.8 Å². The van der Waals surface area contributed by atoms with Crippen LogP contribution in [0.5, 0.6) is 0 Å². The second kappa shape index (κ2) is 5.25. The molecule has 1 N–H and O–H groups in total. The van der Waals surface area contributed by atoms with Crippen LogP contribution in [0.1, 0.15) is 38.5 Å². The van der Waals surface area contributed by atoms with Gasteiger partial charge in [-0.15, -0.1) is 0 Å². The Kier molecular flexibility index (Phi) is 3.69. The van der Waals surface area contributed by atoms with E-state index in [1.807, 2.05) is 7.11 Å². The van der Waals surface area contributed by atoms with Gasteiger partial charge in [-0.1, -0.05) is 12.8 Å². The van der Waals surface area contributed by atoms with E-state index in [9.17, 15) is 0 Å². The summed E-state index contributed by atoms with van der Waals surface area (Å²) in [7, 11) is 1.88. The maximum Gasteiger partial charge on any atom is 0.0724 e. The van der Waals surface area contributed by atoms with Crippen molar-refractivity contribution >= 4 is 0 Å². The van der Waals surface area contributed by atoms with Crippen molar-refractivity contribution in [3.8, 4) is 0 Å². The summed E-state index contributed by atoms with van der Waals surface area (Å²) < 4.78 is 5.65. The fourth-order valence-corrected chi connectivity index (χ4v) is 4.00. The van der Waals surface area contributed by atoms with Gasteiger partial charge in [-0.05, 0) is 44.7 Å². The Labute approximate surface area is 105 Å². The molecule has 3 nitrogen and oxygen atoms in total. The summed E-state index contributed by atoms with van der Waals surface area (Å²) in [6.07, 6.45) is 8.54. The van der Waals surface area contributed by atoms with Gasteiger partial charge in [0.1, 0.15) is 0 Å². The first kappa shape index (κ1) is 11.9. The zero-order valence-electron chi connectivity index (χ0n) is 11.0. The van der Waals surface area contributed by atoms with Crippen LogP contribution in [0.3, 0.4) is 0 Å². The van der Waals surface area contributed by atoms with Gasteiger partial charge in [0.05, 0.1) is 6.10 Å². The van der Waals surface area contributed by atoms with Crippen LogP contribution in [0.25, 0.3) is 0 Å². The van der Waals surface area contributed by atoms with Crippen LogP contribution in [0.4, 0.5) is 0 Å². The van der Waals surface area contributed by atoms with E-state index in [-0.39, 0.29) is 0 Å². The predicted molar refractivity (Wildman–Crippen MR) is 69.1 cm³/mol. The molecule has 3 aliphatic heterocycles. The van der Waals surface area contributed by atoms with Crippen LogP contribution in [0.15, 0.2) is 0 Å². The topological polar surface area (TPSA) is 24.5 Å².